The third-order valence-corrected chi connectivity index (χ3v) is 6.43. The summed E-state index contributed by atoms with van der Waals surface area (Å²) in [5.74, 6) is -0.395. The number of pyridine rings is 2. The molecule has 8 heteroatoms. The molecule has 29 heavy (non-hydrogen) atoms. The normalized spacial score (nSPS) is 14.1. The van der Waals surface area contributed by atoms with Gasteiger partial charge in [0.1, 0.15) is 11.1 Å². The number of fused-ring (bicyclic) bond motifs is 1. The molecular formula is C21H17FN6S. The van der Waals surface area contributed by atoms with Crippen molar-refractivity contribution in [3.05, 3.63) is 60.1 Å². The van der Waals surface area contributed by atoms with E-state index in [0.717, 1.165) is 34.6 Å². The molecule has 4 aromatic heterocycles. The average molecular weight is 404 g/mol. The Bertz CT molecular complexity index is 1260. The lowest BCUT2D eigenvalue weighted by molar-refractivity contribution is 0.285. The maximum Gasteiger partial charge on any atom is 0.155 e. The number of rotatable bonds is 4. The fourth-order valence-corrected chi connectivity index (χ4v) is 4.62. The van der Waals surface area contributed by atoms with E-state index in [1.807, 2.05) is 18.5 Å². The van der Waals surface area contributed by atoms with Gasteiger partial charge in [0.15, 0.2) is 5.82 Å². The summed E-state index contributed by atoms with van der Waals surface area (Å²) in [6.45, 7) is 2.07. The zero-order valence-corrected chi connectivity index (χ0v) is 16.5. The maximum atomic E-state index is 14.2. The van der Waals surface area contributed by atoms with Crippen LogP contribution in [0.5, 0.6) is 0 Å². The van der Waals surface area contributed by atoms with Crippen molar-refractivity contribution in [2.45, 2.75) is 42.1 Å². The summed E-state index contributed by atoms with van der Waals surface area (Å²) in [6.07, 6.45) is 10.4. The highest BCUT2D eigenvalue weighted by atomic mass is 32.2. The number of nitriles is 1. The predicted octanol–water partition coefficient (Wildman–Crippen LogP) is 4.79. The van der Waals surface area contributed by atoms with Gasteiger partial charge in [0.25, 0.3) is 0 Å². The van der Waals surface area contributed by atoms with Crippen LogP contribution in [0.1, 0.15) is 36.6 Å². The van der Waals surface area contributed by atoms with Gasteiger partial charge in [-0.05, 0) is 44.4 Å². The molecule has 1 fully saturated rings. The lowest BCUT2D eigenvalue weighted by atomic mass is 9.93. The standard InChI is InChI=1S/C21H17FN6S/c1-13-17(11-26-28(13)16-4-2-5-16)14-8-19(29-21-18(22)6-3-7-24-21)20-15(9-23)10-25-27(20)12-14/h3,6-8,10-12,16H,2,4-5H2,1H3. The molecule has 0 unspecified atom stereocenters. The van der Waals surface area contributed by atoms with Crippen molar-refractivity contribution >= 4 is 17.3 Å². The zero-order valence-electron chi connectivity index (χ0n) is 15.7. The molecule has 0 aromatic carbocycles. The number of aromatic nitrogens is 5. The minimum absolute atomic E-state index is 0.263. The molecule has 4 heterocycles. The Morgan fingerprint density at radius 1 is 1.28 bits per heavy atom. The highest BCUT2D eigenvalue weighted by Gasteiger charge is 2.24. The Morgan fingerprint density at radius 2 is 2.14 bits per heavy atom. The number of hydrogen-bond donors (Lipinski definition) is 0. The van der Waals surface area contributed by atoms with Crippen molar-refractivity contribution in [2.24, 2.45) is 0 Å². The molecular weight excluding hydrogens is 387 g/mol. The number of hydrogen-bond acceptors (Lipinski definition) is 5. The first-order valence-corrected chi connectivity index (χ1v) is 10.2. The van der Waals surface area contributed by atoms with Crippen LogP contribution in [0.15, 0.2) is 52.9 Å². The van der Waals surface area contributed by atoms with Crippen molar-refractivity contribution in [1.82, 2.24) is 24.4 Å². The second kappa shape index (κ2) is 7.01. The van der Waals surface area contributed by atoms with Crippen molar-refractivity contribution < 1.29 is 4.39 Å². The molecule has 144 valence electrons. The third-order valence-electron chi connectivity index (χ3n) is 5.40. The minimum atomic E-state index is -0.395. The lowest BCUT2D eigenvalue weighted by Gasteiger charge is -2.27. The predicted molar refractivity (Wildman–Crippen MR) is 107 cm³/mol. The van der Waals surface area contributed by atoms with E-state index in [2.05, 4.69) is 32.9 Å². The monoisotopic (exact) mass is 404 g/mol. The molecule has 4 aromatic rings. The quantitative estimate of drug-likeness (QED) is 0.489. The largest absolute Gasteiger partial charge is 0.266 e. The van der Waals surface area contributed by atoms with Crippen LogP contribution in [0.4, 0.5) is 4.39 Å². The average Bonchev–Trinajstić information content (AvgIpc) is 3.26. The molecule has 0 atom stereocenters. The first-order valence-electron chi connectivity index (χ1n) is 9.40. The molecule has 0 saturated heterocycles. The number of nitrogens with zero attached hydrogens (tertiary/aromatic N) is 6. The smallest absolute Gasteiger partial charge is 0.155 e. The highest BCUT2D eigenvalue weighted by Crippen LogP contribution is 2.38. The molecule has 0 aliphatic heterocycles. The summed E-state index contributed by atoms with van der Waals surface area (Å²) in [6, 6.07) is 7.54. The Kier molecular flexibility index (Phi) is 4.32. The molecule has 0 N–H and O–H groups in total. The van der Waals surface area contributed by atoms with E-state index in [1.54, 1.807) is 16.8 Å². The van der Waals surface area contributed by atoms with E-state index in [9.17, 15) is 9.65 Å². The first kappa shape index (κ1) is 17.9. The van der Waals surface area contributed by atoms with E-state index in [-0.39, 0.29) is 5.03 Å². The van der Waals surface area contributed by atoms with Crippen molar-refractivity contribution in [2.75, 3.05) is 0 Å². The van der Waals surface area contributed by atoms with Crippen LogP contribution in [0, 0.1) is 24.1 Å². The van der Waals surface area contributed by atoms with Gasteiger partial charge in [-0.15, -0.1) is 0 Å². The van der Waals surface area contributed by atoms with Crippen LogP contribution in [-0.4, -0.2) is 24.4 Å². The van der Waals surface area contributed by atoms with E-state index in [1.165, 1.54) is 30.4 Å². The molecule has 5 rings (SSSR count). The zero-order chi connectivity index (χ0) is 20.0. The van der Waals surface area contributed by atoms with Crippen LogP contribution >= 0.6 is 11.8 Å². The summed E-state index contributed by atoms with van der Waals surface area (Å²) in [5.41, 5.74) is 4.12. The van der Waals surface area contributed by atoms with Crippen LogP contribution in [0.25, 0.3) is 16.6 Å². The van der Waals surface area contributed by atoms with Gasteiger partial charge in [-0.25, -0.2) is 13.9 Å². The van der Waals surface area contributed by atoms with Gasteiger partial charge < -0.3 is 0 Å². The van der Waals surface area contributed by atoms with E-state index in [4.69, 9.17) is 0 Å². The Morgan fingerprint density at radius 3 is 2.86 bits per heavy atom. The molecule has 6 nitrogen and oxygen atoms in total. The minimum Gasteiger partial charge on any atom is -0.266 e. The van der Waals surface area contributed by atoms with Crippen molar-refractivity contribution in [3.63, 3.8) is 0 Å². The van der Waals surface area contributed by atoms with Crippen LogP contribution in [0.2, 0.25) is 0 Å². The van der Waals surface area contributed by atoms with Gasteiger partial charge in [0.05, 0.1) is 29.5 Å². The van der Waals surface area contributed by atoms with Gasteiger partial charge in [-0.1, -0.05) is 11.8 Å². The summed E-state index contributed by atoms with van der Waals surface area (Å²) >= 11 is 1.20. The van der Waals surface area contributed by atoms with Gasteiger partial charge in [0.2, 0.25) is 0 Å². The molecule has 0 bridgehead atoms. The van der Waals surface area contributed by atoms with E-state index in [0.29, 0.717) is 17.1 Å². The van der Waals surface area contributed by atoms with Crippen molar-refractivity contribution in [1.29, 1.82) is 5.26 Å². The summed E-state index contributed by atoms with van der Waals surface area (Å²) < 4.78 is 18.0. The molecule has 1 aliphatic carbocycles. The van der Waals surface area contributed by atoms with Crippen molar-refractivity contribution in [3.8, 4) is 17.2 Å². The summed E-state index contributed by atoms with van der Waals surface area (Å²) in [4.78, 5) is 4.87. The Hall–Kier alpha value is -3.18. The lowest BCUT2D eigenvalue weighted by Crippen LogP contribution is -2.19. The first-order chi connectivity index (χ1) is 14.2. The fourth-order valence-electron chi connectivity index (χ4n) is 3.65. The third kappa shape index (κ3) is 2.98. The van der Waals surface area contributed by atoms with Gasteiger partial charge in [0, 0.05) is 34.1 Å². The Balaban J connectivity index is 1.66. The van der Waals surface area contributed by atoms with E-state index >= 15 is 0 Å². The molecule has 0 spiro atoms. The molecule has 1 aliphatic rings. The maximum absolute atomic E-state index is 14.2. The summed E-state index contributed by atoms with van der Waals surface area (Å²) in [7, 11) is 0. The second-order valence-corrected chi connectivity index (χ2v) is 8.15. The molecule has 1 saturated carbocycles. The van der Waals surface area contributed by atoms with Gasteiger partial charge >= 0.3 is 0 Å². The van der Waals surface area contributed by atoms with Crippen LogP contribution in [0.3, 0.4) is 0 Å². The fraction of sp³-hybridized carbons (Fsp3) is 0.238. The topological polar surface area (TPSA) is 71.8 Å². The Labute approximate surface area is 171 Å². The highest BCUT2D eigenvalue weighted by molar-refractivity contribution is 7.99. The molecule has 0 amide bonds. The van der Waals surface area contributed by atoms with E-state index < -0.39 is 5.82 Å². The van der Waals surface area contributed by atoms with Gasteiger partial charge in [-0.2, -0.15) is 15.5 Å². The number of halogens is 1. The van der Waals surface area contributed by atoms with Crippen LogP contribution < -0.4 is 0 Å². The molecule has 0 radical (unpaired) electrons. The summed E-state index contributed by atoms with van der Waals surface area (Å²) in [5, 5.41) is 18.7. The second-order valence-electron chi connectivity index (χ2n) is 7.12. The van der Waals surface area contributed by atoms with Crippen LogP contribution in [-0.2, 0) is 0 Å². The SMILES string of the molecule is Cc1c(-c2cc(Sc3ncccc3F)c3c(C#N)cnn3c2)cnn1C1CCC1. The van der Waals surface area contributed by atoms with Gasteiger partial charge in [-0.3, -0.25) is 4.68 Å².